The van der Waals surface area contributed by atoms with E-state index in [0.717, 1.165) is 17.1 Å². The summed E-state index contributed by atoms with van der Waals surface area (Å²) in [7, 11) is 0. The van der Waals surface area contributed by atoms with Crippen LogP contribution in [0.25, 0.3) is 11.3 Å². The molecule has 0 aliphatic carbocycles. The minimum Gasteiger partial charge on any atom is -0.294 e. The molecular formula is C18H15N5O. The van der Waals surface area contributed by atoms with Crippen LogP contribution in [-0.2, 0) is 6.42 Å². The third-order valence-corrected chi connectivity index (χ3v) is 3.83. The normalized spacial score (nSPS) is 11.0. The fourth-order valence-electron chi connectivity index (χ4n) is 2.76. The summed E-state index contributed by atoms with van der Waals surface area (Å²) in [5.74, 6) is -0.0271. The van der Waals surface area contributed by atoms with Gasteiger partial charge in [0.2, 0.25) is 0 Å². The zero-order valence-corrected chi connectivity index (χ0v) is 13.1. The lowest BCUT2D eigenvalue weighted by atomic mass is 10.1. The van der Waals surface area contributed by atoms with E-state index in [-0.39, 0.29) is 12.2 Å². The average Bonchev–Trinajstić information content (AvgIpc) is 3.19. The predicted octanol–water partition coefficient (Wildman–Crippen LogP) is 2.65. The van der Waals surface area contributed by atoms with E-state index < -0.39 is 0 Å². The molecule has 0 spiro atoms. The first-order valence-corrected chi connectivity index (χ1v) is 7.65. The number of hydrogen-bond donors (Lipinski definition) is 0. The van der Waals surface area contributed by atoms with Gasteiger partial charge < -0.3 is 0 Å². The maximum atomic E-state index is 12.7. The molecule has 0 fully saturated rings. The van der Waals surface area contributed by atoms with Crippen LogP contribution in [-0.4, -0.2) is 30.2 Å². The summed E-state index contributed by atoms with van der Waals surface area (Å²) in [6, 6.07) is 13.5. The Morgan fingerprint density at radius 3 is 2.83 bits per heavy atom. The van der Waals surface area contributed by atoms with Crippen LogP contribution >= 0.6 is 0 Å². The SMILES string of the molecule is Cc1cc(CC(=O)c2cnn3cccnc23)n(-c2ccccc2)n1. The number of aromatic nitrogens is 5. The second kappa shape index (κ2) is 5.73. The van der Waals surface area contributed by atoms with Gasteiger partial charge in [0.05, 0.1) is 35.3 Å². The van der Waals surface area contributed by atoms with E-state index in [1.807, 2.05) is 48.0 Å². The monoisotopic (exact) mass is 317 g/mol. The van der Waals surface area contributed by atoms with Crippen molar-refractivity contribution in [3.63, 3.8) is 0 Å². The van der Waals surface area contributed by atoms with Crippen LogP contribution in [0, 0.1) is 6.92 Å². The molecular weight excluding hydrogens is 302 g/mol. The highest BCUT2D eigenvalue weighted by molar-refractivity contribution is 6.02. The van der Waals surface area contributed by atoms with Crippen LogP contribution in [0.4, 0.5) is 0 Å². The van der Waals surface area contributed by atoms with Crippen molar-refractivity contribution < 1.29 is 4.79 Å². The zero-order chi connectivity index (χ0) is 16.5. The largest absolute Gasteiger partial charge is 0.294 e. The molecule has 0 aliphatic heterocycles. The zero-order valence-electron chi connectivity index (χ0n) is 13.1. The number of benzene rings is 1. The summed E-state index contributed by atoms with van der Waals surface area (Å²) in [5.41, 5.74) is 3.75. The summed E-state index contributed by atoms with van der Waals surface area (Å²) in [5, 5.41) is 8.68. The van der Waals surface area contributed by atoms with Gasteiger partial charge in [-0.05, 0) is 31.2 Å². The minimum atomic E-state index is -0.0271. The number of Topliss-reactive ketones (excluding diaryl/α,β-unsaturated/α-hetero) is 1. The molecule has 0 N–H and O–H groups in total. The van der Waals surface area contributed by atoms with E-state index in [1.54, 1.807) is 29.2 Å². The van der Waals surface area contributed by atoms with Crippen molar-refractivity contribution in [3.8, 4) is 5.69 Å². The molecule has 6 heteroatoms. The molecule has 0 unspecified atom stereocenters. The Labute approximate surface area is 138 Å². The first-order chi connectivity index (χ1) is 11.7. The van der Waals surface area contributed by atoms with Gasteiger partial charge in [-0.2, -0.15) is 10.2 Å². The van der Waals surface area contributed by atoms with Crippen LogP contribution < -0.4 is 0 Å². The Hall–Kier alpha value is -3.28. The van der Waals surface area contributed by atoms with Crippen molar-refractivity contribution in [1.82, 2.24) is 24.4 Å². The van der Waals surface area contributed by atoms with Crippen LogP contribution in [0.3, 0.4) is 0 Å². The molecule has 24 heavy (non-hydrogen) atoms. The number of fused-ring (bicyclic) bond motifs is 1. The Balaban J connectivity index is 1.70. The highest BCUT2D eigenvalue weighted by Gasteiger charge is 2.17. The second-order valence-corrected chi connectivity index (χ2v) is 5.57. The molecule has 0 bridgehead atoms. The number of carbonyl (C=O) groups excluding carboxylic acids is 1. The highest BCUT2D eigenvalue weighted by Crippen LogP contribution is 2.16. The van der Waals surface area contributed by atoms with Gasteiger partial charge in [0.1, 0.15) is 0 Å². The predicted molar refractivity (Wildman–Crippen MR) is 89.3 cm³/mol. The van der Waals surface area contributed by atoms with Gasteiger partial charge in [-0.1, -0.05) is 18.2 Å². The third kappa shape index (κ3) is 2.48. The number of aryl methyl sites for hydroxylation is 1. The van der Waals surface area contributed by atoms with Crippen LogP contribution in [0.2, 0.25) is 0 Å². The molecule has 4 aromatic rings. The molecule has 118 valence electrons. The van der Waals surface area contributed by atoms with E-state index in [1.165, 1.54) is 0 Å². The molecule has 3 aromatic heterocycles. The van der Waals surface area contributed by atoms with E-state index in [9.17, 15) is 4.79 Å². The molecule has 0 amide bonds. The smallest absolute Gasteiger partial charge is 0.174 e. The molecule has 0 saturated heterocycles. The van der Waals surface area contributed by atoms with Gasteiger partial charge in [0, 0.05) is 12.4 Å². The summed E-state index contributed by atoms with van der Waals surface area (Å²) < 4.78 is 3.42. The van der Waals surface area contributed by atoms with Crippen molar-refractivity contribution >= 4 is 11.4 Å². The number of para-hydroxylation sites is 1. The molecule has 0 aliphatic rings. The highest BCUT2D eigenvalue weighted by atomic mass is 16.1. The van der Waals surface area contributed by atoms with Crippen molar-refractivity contribution in [1.29, 1.82) is 0 Å². The lowest BCUT2D eigenvalue weighted by molar-refractivity contribution is 0.0992. The molecule has 0 atom stereocenters. The topological polar surface area (TPSA) is 65.1 Å². The van der Waals surface area contributed by atoms with Crippen LogP contribution in [0.1, 0.15) is 21.7 Å². The molecule has 1 aromatic carbocycles. The maximum absolute atomic E-state index is 12.7. The van der Waals surface area contributed by atoms with Crippen molar-refractivity contribution in [3.05, 3.63) is 78.0 Å². The number of carbonyl (C=O) groups is 1. The van der Waals surface area contributed by atoms with Crippen molar-refractivity contribution in [2.75, 3.05) is 0 Å². The summed E-state index contributed by atoms with van der Waals surface area (Å²) in [4.78, 5) is 17.0. The first kappa shape index (κ1) is 14.3. The van der Waals surface area contributed by atoms with Gasteiger partial charge >= 0.3 is 0 Å². The molecule has 6 nitrogen and oxygen atoms in total. The van der Waals surface area contributed by atoms with E-state index in [0.29, 0.717) is 11.2 Å². The lowest BCUT2D eigenvalue weighted by Crippen LogP contribution is -2.09. The molecule has 3 heterocycles. The van der Waals surface area contributed by atoms with E-state index >= 15 is 0 Å². The quantitative estimate of drug-likeness (QED) is 0.543. The third-order valence-electron chi connectivity index (χ3n) is 3.83. The van der Waals surface area contributed by atoms with Crippen LogP contribution in [0.15, 0.2) is 61.1 Å². The van der Waals surface area contributed by atoms with Crippen molar-refractivity contribution in [2.24, 2.45) is 0 Å². The number of ketones is 1. The fourth-order valence-corrected chi connectivity index (χ4v) is 2.76. The van der Waals surface area contributed by atoms with Gasteiger partial charge in [0.25, 0.3) is 0 Å². The lowest BCUT2D eigenvalue weighted by Gasteiger charge is -2.06. The summed E-state index contributed by atoms with van der Waals surface area (Å²) in [6.07, 6.45) is 5.25. The van der Waals surface area contributed by atoms with Crippen molar-refractivity contribution in [2.45, 2.75) is 13.3 Å². The maximum Gasteiger partial charge on any atom is 0.174 e. The standard InChI is InChI=1S/C18H15N5O/c1-13-10-15(23(21-13)14-6-3-2-4-7-14)11-17(24)16-12-20-22-9-5-8-19-18(16)22/h2-10,12H,11H2,1H3. The Morgan fingerprint density at radius 2 is 2.00 bits per heavy atom. The Bertz CT molecular complexity index is 1020. The van der Waals surface area contributed by atoms with Gasteiger partial charge in [-0.3, -0.25) is 4.79 Å². The van der Waals surface area contributed by atoms with Gasteiger partial charge in [-0.15, -0.1) is 0 Å². The molecule has 4 rings (SSSR count). The fraction of sp³-hybridized carbons (Fsp3) is 0.111. The van der Waals surface area contributed by atoms with E-state index in [4.69, 9.17) is 0 Å². The van der Waals surface area contributed by atoms with Gasteiger partial charge in [0.15, 0.2) is 11.4 Å². The Kier molecular flexibility index (Phi) is 3.42. The first-order valence-electron chi connectivity index (χ1n) is 7.65. The Morgan fingerprint density at radius 1 is 1.17 bits per heavy atom. The van der Waals surface area contributed by atoms with E-state index in [2.05, 4.69) is 15.2 Å². The molecule has 0 saturated carbocycles. The molecule has 0 radical (unpaired) electrons. The number of hydrogen-bond acceptors (Lipinski definition) is 4. The van der Waals surface area contributed by atoms with Crippen LogP contribution in [0.5, 0.6) is 0 Å². The van der Waals surface area contributed by atoms with Gasteiger partial charge in [-0.25, -0.2) is 14.2 Å². The summed E-state index contributed by atoms with van der Waals surface area (Å²) in [6.45, 7) is 1.92. The summed E-state index contributed by atoms with van der Waals surface area (Å²) >= 11 is 0. The average molecular weight is 317 g/mol. The minimum absolute atomic E-state index is 0.0271. The number of nitrogens with zero attached hydrogens (tertiary/aromatic N) is 5. The second-order valence-electron chi connectivity index (χ2n) is 5.57. The number of rotatable bonds is 4.